The van der Waals surface area contributed by atoms with Crippen LogP contribution in [0.2, 0.25) is 0 Å². The highest BCUT2D eigenvalue weighted by Crippen LogP contribution is 2.63. The molecule has 9 aromatic carbocycles. The molecule has 0 aliphatic heterocycles. The third-order valence-corrected chi connectivity index (χ3v) is 12.4. The molecule has 1 aromatic heterocycles. The SMILES string of the molecule is c1ccc(-c2ccc(N(c3ccccc3)c3ccc4c(c3)C3(c5ccccc5-c5ccccc53)c3cc(-n5c6ccccc6c6ccccc65)ccc3-4)cc2)cc1. The molecule has 10 aromatic rings. The highest BCUT2D eigenvalue weighted by molar-refractivity contribution is 6.09. The monoisotopic (exact) mass is 724 g/mol. The minimum atomic E-state index is -0.512. The molecule has 2 heteroatoms. The Morgan fingerprint density at radius 3 is 1.42 bits per heavy atom. The summed E-state index contributed by atoms with van der Waals surface area (Å²) in [4.78, 5) is 2.40. The second kappa shape index (κ2) is 12.3. The Balaban J connectivity index is 1.11. The number of hydrogen-bond acceptors (Lipinski definition) is 1. The van der Waals surface area contributed by atoms with Gasteiger partial charge >= 0.3 is 0 Å². The van der Waals surface area contributed by atoms with Crippen LogP contribution in [0.25, 0.3) is 60.9 Å². The fourth-order valence-corrected chi connectivity index (χ4v) is 10.1. The van der Waals surface area contributed by atoms with E-state index in [-0.39, 0.29) is 0 Å². The quantitative estimate of drug-likeness (QED) is 0.172. The summed E-state index contributed by atoms with van der Waals surface area (Å²) in [5.41, 5.74) is 19.3. The Labute approximate surface area is 332 Å². The summed E-state index contributed by atoms with van der Waals surface area (Å²) >= 11 is 0. The summed E-state index contributed by atoms with van der Waals surface area (Å²) in [6, 6.07) is 80.5. The minimum absolute atomic E-state index is 0.512. The fourth-order valence-electron chi connectivity index (χ4n) is 10.1. The summed E-state index contributed by atoms with van der Waals surface area (Å²) in [5, 5.41) is 2.54. The molecule has 57 heavy (non-hydrogen) atoms. The maximum atomic E-state index is 2.49. The van der Waals surface area contributed by atoms with Gasteiger partial charge in [-0.05, 0) is 116 Å². The van der Waals surface area contributed by atoms with Crippen molar-refractivity contribution in [3.63, 3.8) is 0 Å². The molecule has 0 N–H and O–H groups in total. The summed E-state index contributed by atoms with van der Waals surface area (Å²) in [5.74, 6) is 0. The van der Waals surface area contributed by atoms with Gasteiger partial charge in [0.25, 0.3) is 0 Å². The van der Waals surface area contributed by atoms with E-state index in [2.05, 4.69) is 228 Å². The Bertz CT molecular complexity index is 3070. The molecule has 2 aliphatic rings. The van der Waals surface area contributed by atoms with E-state index in [9.17, 15) is 0 Å². The molecule has 1 spiro atoms. The predicted octanol–water partition coefficient (Wildman–Crippen LogP) is 14.3. The zero-order chi connectivity index (χ0) is 37.5. The Hall–Kier alpha value is -7.42. The topological polar surface area (TPSA) is 8.17 Å². The highest BCUT2D eigenvalue weighted by atomic mass is 15.1. The average molecular weight is 725 g/mol. The standard InChI is InChI=1S/C55H36N2/c1-3-15-37(16-4-1)38-27-29-40(30-28-38)56(39-17-5-2-6-18-39)41-31-33-45-46-34-32-42(57-53-25-13-9-21-47(53)48-22-10-14-26-54(48)57)36-52(46)55(51(45)35-41)49-23-11-7-19-43(49)44-20-8-12-24-50(44)55/h1-36H. The van der Waals surface area contributed by atoms with Gasteiger partial charge < -0.3 is 9.47 Å². The maximum absolute atomic E-state index is 2.49. The molecule has 0 radical (unpaired) electrons. The minimum Gasteiger partial charge on any atom is -0.310 e. The first-order valence-electron chi connectivity index (χ1n) is 19.8. The second-order valence-corrected chi connectivity index (χ2v) is 15.3. The van der Waals surface area contributed by atoms with Crippen LogP contribution >= 0.6 is 0 Å². The lowest BCUT2D eigenvalue weighted by atomic mass is 9.70. The lowest BCUT2D eigenvalue weighted by Crippen LogP contribution is -2.26. The van der Waals surface area contributed by atoms with E-state index in [0.717, 1.165) is 17.1 Å². The first kappa shape index (κ1) is 31.9. The van der Waals surface area contributed by atoms with E-state index >= 15 is 0 Å². The lowest BCUT2D eigenvalue weighted by Gasteiger charge is -2.32. The fraction of sp³-hybridized carbons (Fsp3) is 0.0182. The molecule has 12 rings (SSSR count). The number of benzene rings is 9. The second-order valence-electron chi connectivity index (χ2n) is 15.3. The maximum Gasteiger partial charge on any atom is 0.0727 e. The third kappa shape index (κ3) is 4.53. The van der Waals surface area contributed by atoms with Crippen LogP contribution in [0.4, 0.5) is 17.1 Å². The molecule has 0 atom stereocenters. The van der Waals surface area contributed by atoms with E-state index in [0.29, 0.717) is 0 Å². The molecule has 0 unspecified atom stereocenters. The number of nitrogens with zero attached hydrogens (tertiary/aromatic N) is 2. The number of rotatable bonds is 5. The van der Waals surface area contributed by atoms with Crippen molar-refractivity contribution in [2.45, 2.75) is 5.41 Å². The van der Waals surface area contributed by atoms with Gasteiger partial charge in [0.05, 0.1) is 16.4 Å². The number of para-hydroxylation sites is 3. The van der Waals surface area contributed by atoms with Gasteiger partial charge in [0, 0.05) is 33.5 Å². The Morgan fingerprint density at radius 2 is 0.772 bits per heavy atom. The molecule has 2 aliphatic carbocycles. The Morgan fingerprint density at radius 1 is 0.316 bits per heavy atom. The van der Waals surface area contributed by atoms with Crippen LogP contribution in [0, 0.1) is 0 Å². The van der Waals surface area contributed by atoms with Crippen molar-refractivity contribution in [3.05, 3.63) is 241 Å². The van der Waals surface area contributed by atoms with E-state index in [1.165, 1.54) is 83.1 Å². The zero-order valence-corrected chi connectivity index (χ0v) is 31.2. The van der Waals surface area contributed by atoms with Crippen LogP contribution in [0.15, 0.2) is 218 Å². The van der Waals surface area contributed by atoms with Gasteiger partial charge in [-0.3, -0.25) is 0 Å². The van der Waals surface area contributed by atoms with E-state index in [1.807, 2.05) is 0 Å². The first-order chi connectivity index (χ1) is 28.3. The van der Waals surface area contributed by atoms with Crippen molar-refractivity contribution in [1.82, 2.24) is 4.57 Å². The molecule has 0 fully saturated rings. The van der Waals surface area contributed by atoms with Gasteiger partial charge in [-0.25, -0.2) is 0 Å². The van der Waals surface area contributed by atoms with Crippen molar-refractivity contribution in [3.8, 4) is 39.1 Å². The molecule has 0 saturated carbocycles. The zero-order valence-electron chi connectivity index (χ0n) is 31.2. The van der Waals surface area contributed by atoms with Crippen LogP contribution < -0.4 is 4.90 Å². The lowest BCUT2D eigenvalue weighted by molar-refractivity contribution is 0.792. The molecule has 2 nitrogen and oxygen atoms in total. The molecular formula is C55H36N2. The molecule has 0 saturated heterocycles. The van der Waals surface area contributed by atoms with Crippen molar-refractivity contribution >= 4 is 38.9 Å². The summed E-state index contributed by atoms with van der Waals surface area (Å²) in [6.07, 6.45) is 0. The molecule has 0 amide bonds. The van der Waals surface area contributed by atoms with Gasteiger partial charge in [-0.1, -0.05) is 158 Å². The van der Waals surface area contributed by atoms with Gasteiger partial charge in [0.1, 0.15) is 0 Å². The number of anilines is 3. The summed E-state index contributed by atoms with van der Waals surface area (Å²) in [6.45, 7) is 0. The van der Waals surface area contributed by atoms with Crippen molar-refractivity contribution in [2.75, 3.05) is 4.90 Å². The largest absolute Gasteiger partial charge is 0.310 e. The third-order valence-electron chi connectivity index (χ3n) is 12.4. The van der Waals surface area contributed by atoms with Gasteiger partial charge in [0.2, 0.25) is 0 Å². The van der Waals surface area contributed by atoms with Crippen LogP contribution in [-0.2, 0) is 5.41 Å². The molecule has 266 valence electrons. The van der Waals surface area contributed by atoms with Gasteiger partial charge in [-0.2, -0.15) is 0 Å². The smallest absolute Gasteiger partial charge is 0.0727 e. The van der Waals surface area contributed by atoms with E-state index < -0.39 is 5.41 Å². The number of aromatic nitrogens is 1. The van der Waals surface area contributed by atoms with Gasteiger partial charge in [-0.15, -0.1) is 0 Å². The predicted molar refractivity (Wildman–Crippen MR) is 237 cm³/mol. The molecule has 0 bridgehead atoms. The molecular weight excluding hydrogens is 689 g/mol. The van der Waals surface area contributed by atoms with Crippen LogP contribution in [-0.4, -0.2) is 4.57 Å². The van der Waals surface area contributed by atoms with Crippen molar-refractivity contribution < 1.29 is 0 Å². The highest BCUT2D eigenvalue weighted by Gasteiger charge is 2.52. The van der Waals surface area contributed by atoms with Gasteiger partial charge in [0.15, 0.2) is 0 Å². The van der Waals surface area contributed by atoms with Crippen LogP contribution in [0.5, 0.6) is 0 Å². The van der Waals surface area contributed by atoms with Crippen LogP contribution in [0.1, 0.15) is 22.3 Å². The summed E-state index contributed by atoms with van der Waals surface area (Å²) < 4.78 is 2.45. The Kier molecular flexibility index (Phi) is 6.88. The van der Waals surface area contributed by atoms with E-state index in [4.69, 9.17) is 0 Å². The molecule has 1 heterocycles. The normalized spacial score (nSPS) is 13.1. The van der Waals surface area contributed by atoms with Crippen LogP contribution in [0.3, 0.4) is 0 Å². The van der Waals surface area contributed by atoms with Crippen molar-refractivity contribution in [2.24, 2.45) is 0 Å². The number of hydrogen-bond donors (Lipinski definition) is 0. The summed E-state index contributed by atoms with van der Waals surface area (Å²) in [7, 11) is 0. The average Bonchev–Trinajstić information content (AvgIpc) is 3.89. The van der Waals surface area contributed by atoms with E-state index in [1.54, 1.807) is 0 Å². The van der Waals surface area contributed by atoms with Crippen molar-refractivity contribution in [1.29, 1.82) is 0 Å². The first-order valence-corrected chi connectivity index (χ1v) is 19.8. The number of fused-ring (bicyclic) bond motifs is 13.